The molecule has 0 spiro atoms. The van der Waals surface area contributed by atoms with Gasteiger partial charge in [0.25, 0.3) is 0 Å². The summed E-state index contributed by atoms with van der Waals surface area (Å²) in [7, 11) is 0. The minimum atomic E-state index is -0.157. The molecule has 1 heterocycles. The molecule has 0 radical (unpaired) electrons. The second kappa shape index (κ2) is 14.4. The number of rotatable bonds is 14. The average molecular weight is 365 g/mol. The third-order valence-electron chi connectivity index (χ3n) is 4.47. The van der Waals surface area contributed by atoms with E-state index < -0.39 is 0 Å². The number of unbranched alkanes of at least 4 members (excludes halogenated alkanes) is 8. The number of likely N-dealkylation sites (N-methyl/N-ethyl adjacent to an activating group) is 1. The molecule has 1 amide bonds. The number of carbonyl (C=O) groups excluding carboxylic acids is 2. The van der Waals surface area contributed by atoms with Crippen LogP contribution in [0.15, 0.2) is 23.9 Å². The Bertz CT molecular complexity index is 472. The Morgan fingerprint density at radius 2 is 1.69 bits per heavy atom. The van der Waals surface area contributed by atoms with Crippen molar-refractivity contribution >= 4 is 11.9 Å². The molecule has 5 heteroatoms. The predicted octanol–water partition coefficient (Wildman–Crippen LogP) is 4.30. The second-order valence-corrected chi connectivity index (χ2v) is 6.86. The van der Waals surface area contributed by atoms with E-state index in [1.165, 1.54) is 44.9 Å². The summed E-state index contributed by atoms with van der Waals surface area (Å²) in [4.78, 5) is 25.5. The fourth-order valence-electron chi connectivity index (χ4n) is 2.92. The molecule has 1 aliphatic rings. The normalized spacial score (nSPS) is 13.5. The molecular formula is C21H36N2O3. The summed E-state index contributed by atoms with van der Waals surface area (Å²) in [6, 6.07) is 0. The molecule has 5 nitrogen and oxygen atoms in total. The first-order chi connectivity index (χ1) is 12.7. The van der Waals surface area contributed by atoms with Crippen molar-refractivity contribution in [3.8, 4) is 0 Å². The fourth-order valence-corrected chi connectivity index (χ4v) is 2.92. The highest BCUT2D eigenvalue weighted by Crippen LogP contribution is 2.11. The Kier molecular flexibility index (Phi) is 12.3. The summed E-state index contributed by atoms with van der Waals surface area (Å²) in [5.41, 5.74) is 0.685. The van der Waals surface area contributed by atoms with Crippen LogP contribution in [-0.2, 0) is 14.3 Å². The second-order valence-electron chi connectivity index (χ2n) is 6.86. The van der Waals surface area contributed by atoms with Crippen LogP contribution in [0.1, 0.15) is 78.1 Å². The van der Waals surface area contributed by atoms with Crippen molar-refractivity contribution in [2.45, 2.75) is 78.1 Å². The lowest BCUT2D eigenvalue weighted by atomic mass is 10.1. The average Bonchev–Trinajstić information content (AvgIpc) is 2.65. The van der Waals surface area contributed by atoms with Crippen LogP contribution in [0.25, 0.3) is 0 Å². The molecular weight excluding hydrogens is 328 g/mol. The third kappa shape index (κ3) is 10.3. The summed E-state index contributed by atoms with van der Waals surface area (Å²) in [6.07, 6.45) is 17.0. The van der Waals surface area contributed by atoms with E-state index in [4.69, 9.17) is 4.74 Å². The smallest absolute Gasteiger partial charge is 0.307 e. The van der Waals surface area contributed by atoms with Crippen LogP contribution in [-0.4, -0.2) is 36.6 Å². The third-order valence-corrected chi connectivity index (χ3v) is 4.47. The van der Waals surface area contributed by atoms with Gasteiger partial charge in [-0.05, 0) is 19.4 Å². The standard InChI is InChI=1S/C21H36N2O3/c1-3-5-6-7-8-9-10-11-12-15-20(24)26-18-23-16-13-14-19(17-23)21(25)22-4-2/h13-14,16H,3-12,15,17-18H2,1-2H3,(H,22,25). The van der Waals surface area contributed by atoms with Crippen LogP contribution >= 0.6 is 0 Å². The SMILES string of the molecule is CCCCCCCCCCCC(=O)OCN1C=CC=C(C(=O)NCC)C1. The zero-order chi connectivity index (χ0) is 19.0. The van der Waals surface area contributed by atoms with Crippen LogP contribution < -0.4 is 5.32 Å². The van der Waals surface area contributed by atoms with Gasteiger partial charge in [-0.1, -0.05) is 64.4 Å². The van der Waals surface area contributed by atoms with E-state index >= 15 is 0 Å². The van der Waals surface area contributed by atoms with E-state index in [0.29, 0.717) is 25.1 Å². The van der Waals surface area contributed by atoms with E-state index in [1.807, 2.05) is 24.1 Å². The monoisotopic (exact) mass is 364 g/mol. The van der Waals surface area contributed by atoms with E-state index in [9.17, 15) is 9.59 Å². The number of carbonyl (C=O) groups is 2. The first kappa shape index (κ1) is 22.3. The number of nitrogens with zero attached hydrogens (tertiary/aromatic N) is 1. The molecule has 0 aromatic heterocycles. The van der Waals surface area contributed by atoms with Gasteiger partial charge in [0.2, 0.25) is 5.91 Å². The topological polar surface area (TPSA) is 58.6 Å². The van der Waals surface area contributed by atoms with Crippen molar-refractivity contribution < 1.29 is 14.3 Å². The lowest BCUT2D eigenvalue weighted by molar-refractivity contribution is -0.147. The number of esters is 1. The molecule has 0 bridgehead atoms. The molecule has 0 fully saturated rings. The molecule has 1 rings (SSSR count). The summed E-state index contributed by atoms with van der Waals surface area (Å²) in [5.74, 6) is -0.224. The van der Waals surface area contributed by atoms with Crippen LogP contribution in [0.3, 0.4) is 0 Å². The van der Waals surface area contributed by atoms with Gasteiger partial charge >= 0.3 is 5.97 Å². The molecule has 1 N–H and O–H groups in total. The number of amides is 1. The van der Waals surface area contributed by atoms with Gasteiger partial charge in [-0.2, -0.15) is 0 Å². The highest BCUT2D eigenvalue weighted by molar-refractivity contribution is 5.94. The van der Waals surface area contributed by atoms with E-state index in [2.05, 4.69) is 12.2 Å². The van der Waals surface area contributed by atoms with E-state index in [-0.39, 0.29) is 18.6 Å². The Hall–Kier alpha value is -1.78. The van der Waals surface area contributed by atoms with Crippen molar-refractivity contribution in [3.63, 3.8) is 0 Å². The molecule has 148 valence electrons. The highest BCUT2D eigenvalue weighted by Gasteiger charge is 2.15. The van der Waals surface area contributed by atoms with Crippen molar-refractivity contribution in [2.24, 2.45) is 0 Å². The maximum absolute atomic E-state index is 11.8. The largest absolute Gasteiger partial charge is 0.444 e. The number of ether oxygens (including phenoxy) is 1. The van der Waals surface area contributed by atoms with Gasteiger partial charge in [-0.15, -0.1) is 0 Å². The van der Waals surface area contributed by atoms with Gasteiger partial charge in [0.05, 0.1) is 6.54 Å². The van der Waals surface area contributed by atoms with Crippen molar-refractivity contribution in [1.82, 2.24) is 10.2 Å². The van der Waals surface area contributed by atoms with Crippen LogP contribution in [0.2, 0.25) is 0 Å². The summed E-state index contributed by atoms with van der Waals surface area (Å²) in [5, 5.41) is 2.78. The number of hydrogen-bond donors (Lipinski definition) is 1. The van der Waals surface area contributed by atoms with Gasteiger partial charge < -0.3 is 15.0 Å². The van der Waals surface area contributed by atoms with Crippen LogP contribution in [0.4, 0.5) is 0 Å². The first-order valence-corrected chi connectivity index (χ1v) is 10.2. The molecule has 0 saturated carbocycles. The Morgan fingerprint density at radius 1 is 1.04 bits per heavy atom. The van der Waals surface area contributed by atoms with E-state index in [0.717, 1.165) is 12.8 Å². The van der Waals surface area contributed by atoms with Gasteiger partial charge in [0.1, 0.15) is 0 Å². The van der Waals surface area contributed by atoms with Gasteiger partial charge in [0.15, 0.2) is 6.73 Å². The molecule has 0 atom stereocenters. The number of nitrogens with one attached hydrogen (secondary N) is 1. The fraction of sp³-hybridized carbons (Fsp3) is 0.714. The maximum Gasteiger partial charge on any atom is 0.307 e. The lowest BCUT2D eigenvalue weighted by Gasteiger charge is -2.23. The number of hydrogen-bond acceptors (Lipinski definition) is 4. The predicted molar refractivity (Wildman–Crippen MR) is 105 cm³/mol. The quantitative estimate of drug-likeness (QED) is 0.369. The first-order valence-electron chi connectivity index (χ1n) is 10.2. The highest BCUT2D eigenvalue weighted by atomic mass is 16.5. The van der Waals surface area contributed by atoms with E-state index in [1.54, 1.807) is 6.08 Å². The Morgan fingerprint density at radius 3 is 2.35 bits per heavy atom. The molecule has 26 heavy (non-hydrogen) atoms. The molecule has 1 aliphatic heterocycles. The number of allylic oxidation sites excluding steroid dienone is 2. The zero-order valence-electron chi connectivity index (χ0n) is 16.6. The molecule has 0 aromatic rings. The van der Waals surface area contributed by atoms with Gasteiger partial charge in [-0.25, -0.2) is 0 Å². The molecule has 0 unspecified atom stereocenters. The van der Waals surface area contributed by atoms with Crippen molar-refractivity contribution in [3.05, 3.63) is 23.9 Å². The van der Waals surface area contributed by atoms with Crippen LogP contribution in [0, 0.1) is 0 Å². The minimum Gasteiger partial charge on any atom is -0.444 e. The summed E-state index contributed by atoms with van der Waals surface area (Å²) < 4.78 is 5.32. The summed E-state index contributed by atoms with van der Waals surface area (Å²) >= 11 is 0. The van der Waals surface area contributed by atoms with Gasteiger partial charge in [0, 0.05) is 24.7 Å². The van der Waals surface area contributed by atoms with Crippen molar-refractivity contribution in [2.75, 3.05) is 19.8 Å². The Balaban J connectivity index is 2.04. The molecule has 0 aromatic carbocycles. The molecule has 0 saturated heterocycles. The summed E-state index contributed by atoms with van der Waals surface area (Å²) in [6.45, 7) is 5.40. The Labute approximate surface area is 158 Å². The lowest BCUT2D eigenvalue weighted by Crippen LogP contribution is -2.33. The molecule has 0 aliphatic carbocycles. The van der Waals surface area contributed by atoms with Crippen LogP contribution in [0.5, 0.6) is 0 Å². The van der Waals surface area contributed by atoms with Crippen molar-refractivity contribution in [1.29, 1.82) is 0 Å². The minimum absolute atomic E-state index is 0.0668. The zero-order valence-corrected chi connectivity index (χ0v) is 16.6. The maximum atomic E-state index is 11.8. The van der Waals surface area contributed by atoms with Gasteiger partial charge in [-0.3, -0.25) is 9.59 Å².